The maximum atomic E-state index is 12.8. The summed E-state index contributed by atoms with van der Waals surface area (Å²) in [6, 6.07) is 4.53. The van der Waals surface area contributed by atoms with Gasteiger partial charge in [0, 0.05) is 37.2 Å². The van der Waals surface area contributed by atoms with Crippen LogP contribution in [0.15, 0.2) is 49.2 Å². The number of carbonyl (C=O) groups is 1. The van der Waals surface area contributed by atoms with Crippen molar-refractivity contribution < 1.29 is 22.7 Å². The van der Waals surface area contributed by atoms with Gasteiger partial charge in [-0.2, -0.15) is 13.2 Å². The summed E-state index contributed by atoms with van der Waals surface area (Å²) in [5, 5.41) is 3.10. The predicted octanol–water partition coefficient (Wildman–Crippen LogP) is 4.04. The van der Waals surface area contributed by atoms with Crippen molar-refractivity contribution >= 4 is 11.8 Å². The lowest BCUT2D eigenvalue weighted by Gasteiger charge is -2.12. The second kappa shape index (κ2) is 9.38. The number of imidazole rings is 1. The second-order valence-corrected chi connectivity index (χ2v) is 6.33. The van der Waals surface area contributed by atoms with E-state index < -0.39 is 17.7 Å². The van der Waals surface area contributed by atoms with E-state index in [1.54, 1.807) is 19.4 Å². The van der Waals surface area contributed by atoms with Crippen molar-refractivity contribution in [2.75, 3.05) is 18.5 Å². The molecule has 158 valence electrons. The van der Waals surface area contributed by atoms with E-state index in [0.29, 0.717) is 12.1 Å². The molecule has 0 aliphatic carbocycles. The lowest BCUT2D eigenvalue weighted by molar-refractivity contribution is -0.137. The minimum Gasteiger partial charge on any atom is -0.462 e. The lowest BCUT2D eigenvalue weighted by atomic mass is 10.1. The Balaban J connectivity index is 1.79. The van der Waals surface area contributed by atoms with Crippen molar-refractivity contribution in [2.24, 2.45) is 0 Å². The van der Waals surface area contributed by atoms with Crippen LogP contribution in [0.3, 0.4) is 0 Å². The Morgan fingerprint density at radius 1 is 1.23 bits per heavy atom. The third kappa shape index (κ3) is 5.34. The van der Waals surface area contributed by atoms with Crippen LogP contribution in [0.1, 0.15) is 29.3 Å². The van der Waals surface area contributed by atoms with Gasteiger partial charge in [-0.05, 0) is 25.5 Å². The molecule has 0 saturated heterocycles. The smallest absolute Gasteiger partial charge is 0.416 e. The summed E-state index contributed by atoms with van der Waals surface area (Å²) >= 11 is 0. The summed E-state index contributed by atoms with van der Waals surface area (Å²) in [4.78, 5) is 24.7. The van der Waals surface area contributed by atoms with Gasteiger partial charge in [0.05, 0.1) is 18.5 Å². The van der Waals surface area contributed by atoms with Gasteiger partial charge < -0.3 is 14.6 Å². The molecule has 0 spiro atoms. The van der Waals surface area contributed by atoms with Gasteiger partial charge >= 0.3 is 12.1 Å². The molecule has 7 nitrogen and oxygen atoms in total. The Bertz CT molecular complexity index is 973. The van der Waals surface area contributed by atoms with Gasteiger partial charge in [-0.1, -0.05) is 12.1 Å². The number of hydrogen-bond donors (Lipinski definition) is 1. The van der Waals surface area contributed by atoms with Crippen molar-refractivity contribution in [2.45, 2.75) is 26.1 Å². The first kappa shape index (κ1) is 21.3. The largest absolute Gasteiger partial charge is 0.462 e. The van der Waals surface area contributed by atoms with Crippen LogP contribution in [0.2, 0.25) is 0 Å². The van der Waals surface area contributed by atoms with Crippen LogP contribution in [0.5, 0.6) is 0 Å². The quantitative estimate of drug-likeness (QED) is 0.438. The topological polar surface area (TPSA) is 81.9 Å². The maximum Gasteiger partial charge on any atom is 0.416 e. The van der Waals surface area contributed by atoms with Crippen LogP contribution in [-0.2, 0) is 17.5 Å². The first-order valence-corrected chi connectivity index (χ1v) is 9.30. The number of alkyl halides is 3. The first-order chi connectivity index (χ1) is 14.4. The zero-order chi connectivity index (χ0) is 21.6. The van der Waals surface area contributed by atoms with Gasteiger partial charge in [0.1, 0.15) is 11.4 Å². The summed E-state index contributed by atoms with van der Waals surface area (Å²) in [7, 11) is 0. The zero-order valence-corrected chi connectivity index (χ0v) is 16.2. The molecule has 0 fully saturated rings. The van der Waals surface area contributed by atoms with Crippen LogP contribution < -0.4 is 5.32 Å². The lowest BCUT2D eigenvalue weighted by Crippen LogP contribution is -2.14. The molecule has 3 rings (SSSR count). The number of hydrogen-bond acceptors (Lipinski definition) is 6. The molecule has 0 saturated carbocycles. The van der Waals surface area contributed by atoms with E-state index in [2.05, 4.69) is 20.3 Å². The minimum atomic E-state index is -4.42. The van der Waals surface area contributed by atoms with Gasteiger partial charge in [0.25, 0.3) is 0 Å². The average molecular weight is 419 g/mol. The molecule has 3 aromatic rings. The van der Waals surface area contributed by atoms with Gasteiger partial charge in [0.2, 0.25) is 0 Å². The molecule has 1 N–H and O–H groups in total. The summed E-state index contributed by atoms with van der Waals surface area (Å²) in [6.07, 6.45) is 2.87. The number of aryl methyl sites for hydroxylation is 1. The molecule has 0 amide bonds. The number of anilines is 1. The summed E-state index contributed by atoms with van der Waals surface area (Å²) in [6.45, 7) is 3.11. The van der Waals surface area contributed by atoms with Crippen molar-refractivity contribution in [3.8, 4) is 11.4 Å². The van der Waals surface area contributed by atoms with E-state index in [1.165, 1.54) is 18.3 Å². The van der Waals surface area contributed by atoms with Crippen molar-refractivity contribution in [1.29, 1.82) is 0 Å². The standard InChI is InChI=1S/C20H20F3N5O2/c1-2-30-19(29)16-12-26-17(14-4-6-15(7-5-14)20(21,22)23)27-18(16)25-8-3-10-28-11-9-24-13-28/h4-7,9,11-13H,2-3,8,10H2,1H3,(H,25,26,27). The molecule has 30 heavy (non-hydrogen) atoms. The Morgan fingerprint density at radius 3 is 2.63 bits per heavy atom. The molecule has 0 atom stereocenters. The van der Waals surface area contributed by atoms with Crippen LogP contribution in [0.25, 0.3) is 11.4 Å². The van der Waals surface area contributed by atoms with Crippen molar-refractivity contribution in [1.82, 2.24) is 19.5 Å². The molecular formula is C20H20F3N5O2. The van der Waals surface area contributed by atoms with E-state index in [0.717, 1.165) is 25.1 Å². The molecule has 10 heteroatoms. The molecule has 0 bridgehead atoms. The number of benzene rings is 1. The molecule has 0 radical (unpaired) electrons. The predicted molar refractivity (Wildman–Crippen MR) is 104 cm³/mol. The number of aromatic nitrogens is 4. The molecular weight excluding hydrogens is 399 g/mol. The molecule has 2 heterocycles. The number of nitrogens with zero attached hydrogens (tertiary/aromatic N) is 4. The van der Waals surface area contributed by atoms with Crippen LogP contribution in [0, 0.1) is 0 Å². The van der Waals surface area contributed by atoms with E-state index >= 15 is 0 Å². The highest BCUT2D eigenvalue weighted by molar-refractivity contribution is 5.94. The van der Waals surface area contributed by atoms with Gasteiger partial charge in [-0.15, -0.1) is 0 Å². The number of rotatable bonds is 8. The molecule has 1 aromatic carbocycles. The fourth-order valence-corrected chi connectivity index (χ4v) is 2.71. The van der Waals surface area contributed by atoms with Crippen molar-refractivity contribution in [3.63, 3.8) is 0 Å². The Hall–Kier alpha value is -3.43. The molecule has 0 aliphatic heterocycles. The van der Waals surface area contributed by atoms with E-state index in [4.69, 9.17) is 4.74 Å². The average Bonchev–Trinajstić information content (AvgIpc) is 3.24. The van der Waals surface area contributed by atoms with Crippen LogP contribution >= 0.6 is 0 Å². The number of esters is 1. The fraction of sp³-hybridized carbons (Fsp3) is 0.300. The summed E-state index contributed by atoms with van der Waals surface area (Å²) in [5.74, 6) is -0.105. The molecule has 0 aliphatic rings. The van der Waals surface area contributed by atoms with Crippen LogP contribution in [0.4, 0.5) is 19.0 Å². The second-order valence-electron chi connectivity index (χ2n) is 6.33. The Morgan fingerprint density at radius 2 is 2.00 bits per heavy atom. The monoisotopic (exact) mass is 419 g/mol. The SMILES string of the molecule is CCOC(=O)c1cnc(-c2ccc(C(F)(F)F)cc2)nc1NCCCn1ccnc1. The number of nitrogens with one attached hydrogen (secondary N) is 1. The molecule has 0 unspecified atom stereocenters. The highest BCUT2D eigenvalue weighted by Crippen LogP contribution is 2.30. The highest BCUT2D eigenvalue weighted by Gasteiger charge is 2.30. The highest BCUT2D eigenvalue weighted by atomic mass is 19.4. The number of carbonyl (C=O) groups excluding carboxylic acids is 1. The van der Waals surface area contributed by atoms with Gasteiger partial charge in [-0.25, -0.2) is 19.7 Å². The minimum absolute atomic E-state index is 0.162. The number of ether oxygens (including phenoxy) is 1. The van der Waals surface area contributed by atoms with Crippen LogP contribution in [-0.4, -0.2) is 38.6 Å². The molecule has 2 aromatic heterocycles. The van der Waals surface area contributed by atoms with Gasteiger partial charge in [-0.3, -0.25) is 0 Å². The van der Waals surface area contributed by atoms with Gasteiger partial charge in [0.15, 0.2) is 5.82 Å². The first-order valence-electron chi connectivity index (χ1n) is 9.30. The van der Waals surface area contributed by atoms with E-state index in [-0.39, 0.29) is 23.8 Å². The third-order valence-electron chi connectivity index (χ3n) is 4.20. The maximum absolute atomic E-state index is 12.8. The zero-order valence-electron chi connectivity index (χ0n) is 16.2. The third-order valence-corrected chi connectivity index (χ3v) is 4.20. The van der Waals surface area contributed by atoms with E-state index in [9.17, 15) is 18.0 Å². The Kier molecular flexibility index (Phi) is 6.65. The summed E-state index contributed by atoms with van der Waals surface area (Å²) < 4.78 is 45.3. The number of halogens is 3. The normalized spacial score (nSPS) is 11.3. The fourth-order valence-electron chi connectivity index (χ4n) is 2.71. The van der Waals surface area contributed by atoms with E-state index in [1.807, 2.05) is 10.8 Å². The van der Waals surface area contributed by atoms with Crippen molar-refractivity contribution in [3.05, 3.63) is 60.3 Å². The Labute approximate surface area is 170 Å². The summed E-state index contributed by atoms with van der Waals surface area (Å²) in [5.41, 5.74) is -0.192.